The zero-order valence-corrected chi connectivity index (χ0v) is 11.2. The fourth-order valence-electron chi connectivity index (χ4n) is 2.69. The second kappa shape index (κ2) is 5.48. The highest BCUT2D eigenvalue weighted by molar-refractivity contribution is 5.39. The van der Waals surface area contributed by atoms with Gasteiger partial charge in [0.2, 0.25) is 0 Å². The molecule has 0 amide bonds. The highest BCUT2D eigenvalue weighted by Crippen LogP contribution is 2.28. The van der Waals surface area contributed by atoms with Crippen LogP contribution in [0.2, 0.25) is 0 Å². The lowest BCUT2D eigenvalue weighted by Gasteiger charge is -2.27. The number of hydrogen-bond donors (Lipinski definition) is 1. The van der Waals surface area contributed by atoms with E-state index in [1.54, 1.807) is 0 Å². The van der Waals surface area contributed by atoms with Gasteiger partial charge in [0.25, 0.3) is 0 Å². The highest BCUT2D eigenvalue weighted by atomic mass is 15.0. The van der Waals surface area contributed by atoms with E-state index in [-0.39, 0.29) is 0 Å². The van der Waals surface area contributed by atoms with E-state index in [0.717, 1.165) is 35.6 Å². The Bertz CT molecular complexity index is 376. The third-order valence-electron chi connectivity index (χ3n) is 3.68. The zero-order chi connectivity index (χ0) is 12.3. The molecule has 3 nitrogen and oxygen atoms in total. The topological polar surface area (TPSA) is 37.8 Å². The van der Waals surface area contributed by atoms with Crippen LogP contribution in [0.4, 0.5) is 5.82 Å². The van der Waals surface area contributed by atoms with Crippen molar-refractivity contribution in [3.63, 3.8) is 0 Å². The molecule has 0 aromatic carbocycles. The summed E-state index contributed by atoms with van der Waals surface area (Å²) in [6, 6.07) is 0. The Morgan fingerprint density at radius 2 is 2.18 bits per heavy atom. The van der Waals surface area contributed by atoms with Crippen molar-refractivity contribution in [2.45, 2.75) is 46.5 Å². The van der Waals surface area contributed by atoms with Crippen LogP contribution in [0, 0.1) is 25.7 Å². The lowest BCUT2D eigenvalue weighted by atomic mass is 9.82. The van der Waals surface area contributed by atoms with E-state index < -0.39 is 0 Å². The molecule has 1 saturated carbocycles. The van der Waals surface area contributed by atoms with Gasteiger partial charge in [-0.05, 0) is 38.5 Å². The van der Waals surface area contributed by atoms with Crippen molar-refractivity contribution in [3.8, 4) is 0 Å². The summed E-state index contributed by atoms with van der Waals surface area (Å²) in [5.74, 6) is 2.66. The first kappa shape index (κ1) is 12.3. The molecule has 1 heterocycles. The standard InChI is InChI=1S/C14H23N3/c1-10-5-4-6-13(7-10)9-16-14-12(3)15-8-11(2)17-14/h8,10,13H,4-7,9H2,1-3H3,(H,16,17). The third-order valence-corrected chi connectivity index (χ3v) is 3.68. The largest absolute Gasteiger partial charge is 0.368 e. The van der Waals surface area contributed by atoms with Crippen LogP contribution in [0.3, 0.4) is 0 Å². The summed E-state index contributed by atoms with van der Waals surface area (Å²) in [7, 11) is 0. The van der Waals surface area contributed by atoms with Gasteiger partial charge in [-0.1, -0.05) is 19.8 Å². The summed E-state index contributed by atoms with van der Waals surface area (Å²) in [4.78, 5) is 8.83. The van der Waals surface area contributed by atoms with Gasteiger partial charge in [0, 0.05) is 12.7 Å². The maximum Gasteiger partial charge on any atom is 0.147 e. The summed E-state index contributed by atoms with van der Waals surface area (Å²) in [6.07, 6.45) is 7.32. The van der Waals surface area contributed by atoms with Gasteiger partial charge in [-0.25, -0.2) is 4.98 Å². The van der Waals surface area contributed by atoms with Gasteiger partial charge >= 0.3 is 0 Å². The normalized spacial score (nSPS) is 24.6. The van der Waals surface area contributed by atoms with Crippen molar-refractivity contribution >= 4 is 5.82 Å². The molecule has 1 fully saturated rings. The average molecular weight is 233 g/mol. The lowest BCUT2D eigenvalue weighted by molar-refractivity contribution is 0.293. The minimum absolute atomic E-state index is 0.806. The second-order valence-corrected chi connectivity index (χ2v) is 5.46. The molecule has 2 atom stereocenters. The van der Waals surface area contributed by atoms with Gasteiger partial charge in [0.05, 0.1) is 11.4 Å². The van der Waals surface area contributed by atoms with Crippen LogP contribution in [0.15, 0.2) is 6.20 Å². The van der Waals surface area contributed by atoms with Crippen molar-refractivity contribution in [1.82, 2.24) is 9.97 Å². The van der Waals surface area contributed by atoms with E-state index in [1.165, 1.54) is 25.7 Å². The van der Waals surface area contributed by atoms with Crippen LogP contribution in [0.25, 0.3) is 0 Å². The number of rotatable bonds is 3. The van der Waals surface area contributed by atoms with Gasteiger partial charge in [-0.2, -0.15) is 0 Å². The summed E-state index contributed by atoms with van der Waals surface area (Å²) in [5, 5.41) is 3.47. The minimum atomic E-state index is 0.806. The Kier molecular flexibility index (Phi) is 3.97. The van der Waals surface area contributed by atoms with Crippen LogP contribution in [-0.2, 0) is 0 Å². The van der Waals surface area contributed by atoms with Gasteiger partial charge in [-0.15, -0.1) is 0 Å². The first-order chi connectivity index (χ1) is 8.15. The molecule has 0 saturated heterocycles. The molecule has 0 bridgehead atoms. The Morgan fingerprint density at radius 1 is 1.35 bits per heavy atom. The number of nitrogens with one attached hydrogen (secondary N) is 1. The van der Waals surface area contributed by atoms with Crippen LogP contribution < -0.4 is 5.32 Å². The van der Waals surface area contributed by atoms with Gasteiger partial charge in [0.1, 0.15) is 5.82 Å². The molecule has 1 aromatic heterocycles. The zero-order valence-electron chi connectivity index (χ0n) is 11.2. The number of hydrogen-bond acceptors (Lipinski definition) is 3. The molecule has 2 unspecified atom stereocenters. The molecule has 94 valence electrons. The minimum Gasteiger partial charge on any atom is -0.368 e. The summed E-state index contributed by atoms with van der Waals surface area (Å²) >= 11 is 0. The van der Waals surface area contributed by atoms with E-state index in [4.69, 9.17) is 0 Å². The summed E-state index contributed by atoms with van der Waals surface area (Å²) < 4.78 is 0. The molecule has 0 aliphatic heterocycles. The Morgan fingerprint density at radius 3 is 2.94 bits per heavy atom. The molecule has 2 rings (SSSR count). The van der Waals surface area contributed by atoms with Crippen LogP contribution in [0.1, 0.15) is 44.0 Å². The number of aryl methyl sites for hydroxylation is 2. The number of aromatic nitrogens is 2. The van der Waals surface area contributed by atoms with Gasteiger partial charge < -0.3 is 5.32 Å². The Balaban J connectivity index is 1.90. The summed E-state index contributed by atoms with van der Waals surface area (Å²) in [6.45, 7) is 7.41. The second-order valence-electron chi connectivity index (χ2n) is 5.46. The lowest BCUT2D eigenvalue weighted by Crippen LogP contribution is -2.21. The molecule has 1 aliphatic rings. The molecule has 1 aliphatic carbocycles. The monoisotopic (exact) mass is 233 g/mol. The Labute approximate surface area is 104 Å². The molecular formula is C14H23N3. The maximum atomic E-state index is 4.50. The van der Waals surface area contributed by atoms with E-state index in [9.17, 15) is 0 Å². The maximum absolute atomic E-state index is 4.50. The molecular weight excluding hydrogens is 210 g/mol. The first-order valence-corrected chi connectivity index (χ1v) is 6.69. The predicted octanol–water partition coefficient (Wildman–Crippen LogP) is 3.33. The molecule has 0 spiro atoms. The average Bonchev–Trinajstić information content (AvgIpc) is 2.30. The van der Waals surface area contributed by atoms with E-state index in [1.807, 2.05) is 20.0 Å². The van der Waals surface area contributed by atoms with E-state index >= 15 is 0 Å². The SMILES string of the molecule is Cc1cnc(C)c(NCC2CCCC(C)C2)n1. The van der Waals surface area contributed by atoms with Crippen molar-refractivity contribution in [2.75, 3.05) is 11.9 Å². The van der Waals surface area contributed by atoms with Gasteiger partial charge in [-0.3, -0.25) is 4.98 Å². The molecule has 1 N–H and O–H groups in total. The highest BCUT2D eigenvalue weighted by Gasteiger charge is 2.18. The van der Waals surface area contributed by atoms with Crippen molar-refractivity contribution in [2.24, 2.45) is 11.8 Å². The fourth-order valence-corrected chi connectivity index (χ4v) is 2.69. The smallest absolute Gasteiger partial charge is 0.147 e. The molecule has 3 heteroatoms. The van der Waals surface area contributed by atoms with Crippen molar-refractivity contribution in [3.05, 3.63) is 17.6 Å². The van der Waals surface area contributed by atoms with E-state index in [2.05, 4.69) is 22.2 Å². The first-order valence-electron chi connectivity index (χ1n) is 6.69. The fraction of sp³-hybridized carbons (Fsp3) is 0.714. The summed E-state index contributed by atoms with van der Waals surface area (Å²) in [5.41, 5.74) is 1.98. The van der Waals surface area contributed by atoms with Crippen LogP contribution in [-0.4, -0.2) is 16.5 Å². The molecule has 17 heavy (non-hydrogen) atoms. The predicted molar refractivity (Wildman–Crippen MR) is 71.1 cm³/mol. The van der Waals surface area contributed by atoms with Crippen LogP contribution in [0.5, 0.6) is 0 Å². The molecule has 0 radical (unpaired) electrons. The number of nitrogens with zero attached hydrogens (tertiary/aromatic N) is 2. The van der Waals surface area contributed by atoms with Crippen molar-refractivity contribution < 1.29 is 0 Å². The van der Waals surface area contributed by atoms with Gasteiger partial charge in [0.15, 0.2) is 0 Å². The Hall–Kier alpha value is -1.12. The third kappa shape index (κ3) is 3.42. The van der Waals surface area contributed by atoms with Crippen molar-refractivity contribution in [1.29, 1.82) is 0 Å². The quantitative estimate of drug-likeness (QED) is 0.870. The number of anilines is 1. The van der Waals surface area contributed by atoms with Crippen LogP contribution >= 0.6 is 0 Å². The van der Waals surface area contributed by atoms with E-state index in [0.29, 0.717) is 0 Å². The molecule has 1 aromatic rings.